The Bertz CT molecular complexity index is 141. The van der Waals surface area contributed by atoms with Crippen molar-refractivity contribution >= 4 is 0 Å². The molecule has 7 heteroatoms. The van der Waals surface area contributed by atoms with Crippen molar-refractivity contribution in [2.75, 3.05) is 0 Å². The van der Waals surface area contributed by atoms with Gasteiger partial charge in [0.2, 0.25) is 0 Å². The summed E-state index contributed by atoms with van der Waals surface area (Å²) < 4.78 is 76.3. The normalized spacial score (nSPS) is 12.8. The lowest BCUT2D eigenvalue weighted by Crippen LogP contribution is -2.38. The lowest BCUT2D eigenvalue weighted by Gasteiger charge is -2.14. The van der Waals surface area contributed by atoms with E-state index in [1.54, 1.807) is 0 Å². The molecule has 0 aliphatic carbocycles. The minimum Gasteiger partial charge on any atom is -0.227 e. The maximum absolute atomic E-state index is 11.2. The Labute approximate surface area is 83.5 Å². The zero-order valence-electron chi connectivity index (χ0n) is 8.51. The molecule has 0 amide bonds. The Morgan fingerprint density at radius 2 is 1.07 bits per heavy atom. The second-order valence-electron chi connectivity index (χ2n) is 3.25. The number of hydrogen-bond acceptors (Lipinski definition) is 0. The van der Waals surface area contributed by atoms with Crippen molar-refractivity contribution in [3.63, 3.8) is 0 Å². The number of rotatable bonds is 1. The molecule has 0 saturated carbocycles. The van der Waals surface area contributed by atoms with E-state index in [1.807, 2.05) is 0 Å². The van der Waals surface area contributed by atoms with Gasteiger partial charge in [-0.1, -0.05) is 27.2 Å². The third kappa shape index (κ3) is 9.81. The van der Waals surface area contributed by atoms with Crippen LogP contribution in [0.3, 0.4) is 0 Å². The van der Waals surface area contributed by atoms with E-state index in [2.05, 4.69) is 20.8 Å². The highest BCUT2D eigenvalue weighted by atomic mass is 19.4. The Morgan fingerprint density at radius 3 is 1.07 bits per heavy atom. The molecule has 0 atom stereocenters. The fraction of sp³-hybridized carbons (Fsp3) is 1.00. The van der Waals surface area contributed by atoms with E-state index >= 15 is 0 Å². The van der Waals surface area contributed by atoms with Gasteiger partial charge in [-0.15, -0.1) is 0 Å². The molecule has 0 radical (unpaired) electrons. The molecule has 0 N–H and O–H groups in total. The quantitative estimate of drug-likeness (QED) is 0.594. The van der Waals surface area contributed by atoms with Crippen molar-refractivity contribution in [1.29, 1.82) is 0 Å². The first-order valence-corrected chi connectivity index (χ1v) is 4.20. The van der Waals surface area contributed by atoms with Crippen molar-refractivity contribution < 1.29 is 30.7 Å². The summed E-state index contributed by atoms with van der Waals surface area (Å²) in [7, 11) is 0. The van der Waals surface area contributed by atoms with Crippen LogP contribution in [0.5, 0.6) is 0 Å². The van der Waals surface area contributed by atoms with E-state index in [0.717, 1.165) is 5.92 Å². The summed E-state index contributed by atoms with van der Waals surface area (Å²) in [5.74, 6) is 0.884. The average Bonchev–Trinajstić information content (AvgIpc) is 2.01. The fourth-order valence-corrected chi connectivity index (χ4v) is 0.186. The van der Waals surface area contributed by atoms with E-state index in [1.165, 1.54) is 6.42 Å². The molecule has 0 unspecified atom stereocenters. The van der Waals surface area contributed by atoms with Gasteiger partial charge in [-0.2, -0.15) is 26.3 Å². The summed E-state index contributed by atoms with van der Waals surface area (Å²) in [6.07, 6.45) is -15.1. The van der Waals surface area contributed by atoms with Crippen LogP contribution in [0.4, 0.5) is 30.7 Å². The first kappa shape index (κ1) is 16.9. The standard InChI is InChI=1S/C5H12.C3HF7/c1-4-5(2)3;4-1(2(5,6)7)3(8,9)10/h5H,4H2,1-3H3;1H. The van der Waals surface area contributed by atoms with Gasteiger partial charge in [-0.3, -0.25) is 0 Å². The van der Waals surface area contributed by atoms with Gasteiger partial charge < -0.3 is 0 Å². The molecule has 0 aromatic heterocycles. The van der Waals surface area contributed by atoms with Crippen LogP contribution in [-0.2, 0) is 0 Å². The Hall–Kier alpha value is -0.490. The van der Waals surface area contributed by atoms with Gasteiger partial charge in [0.15, 0.2) is 0 Å². The van der Waals surface area contributed by atoms with Gasteiger partial charge in [0.25, 0.3) is 6.17 Å². The third-order valence-corrected chi connectivity index (χ3v) is 1.39. The smallest absolute Gasteiger partial charge is 0.227 e. The Kier molecular flexibility index (Phi) is 6.96. The molecule has 0 rings (SSSR count). The summed E-state index contributed by atoms with van der Waals surface area (Å²) in [5, 5.41) is 0. The third-order valence-electron chi connectivity index (χ3n) is 1.39. The van der Waals surface area contributed by atoms with E-state index in [4.69, 9.17) is 0 Å². The van der Waals surface area contributed by atoms with Crippen molar-refractivity contribution in [3.05, 3.63) is 0 Å². The molecule has 0 aliphatic rings. The van der Waals surface area contributed by atoms with Crippen molar-refractivity contribution in [3.8, 4) is 0 Å². The molecule has 0 aromatic carbocycles. The second kappa shape index (κ2) is 6.17. The molecule has 0 aromatic rings. The molecule has 0 saturated heterocycles. The highest BCUT2D eigenvalue weighted by Crippen LogP contribution is 2.35. The monoisotopic (exact) mass is 242 g/mol. The summed E-state index contributed by atoms with van der Waals surface area (Å²) in [4.78, 5) is 0. The molecule has 0 nitrogen and oxygen atoms in total. The molecule has 0 aliphatic heterocycles. The second-order valence-corrected chi connectivity index (χ2v) is 3.25. The van der Waals surface area contributed by atoms with E-state index < -0.39 is 18.5 Å². The van der Waals surface area contributed by atoms with E-state index in [0.29, 0.717) is 0 Å². The Balaban J connectivity index is 0. The number of halogens is 7. The molecule has 0 heterocycles. The van der Waals surface area contributed by atoms with Crippen molar-refractivity contribution in [2.45, 2.75) is 45.7 Å². The van der Waals surface area contributed by atoms with Crippen LogP contribution in [0.1, 0.15) is 27.2 Å². The molecule has 15 heavy (non-hydrogen) atoms. The average molecular weight is 242 g/mol. The molecular weight excluding hydrogens is 229 g/mol. The highest BCUT2D eigenvalue weighted by Gasteiger charge is 2.57. The van der Waals surface area contributed by atoms with Crippen LogP contribution < -0.4 is 0 Å². The van der Waals surface area contributed by atoms with E-state index in [-0.39, 0.29) is 0 Å². The topological polar surface area (TPSA) is 0 Å². The van der Waals surface area contributed by atoms with Gasteiger partial charge in [-0.25, -0.2) is 4.39 Å². The molecular formula is C8H13F7. The van der Waals surface area contributed by atoms with Crippen LogP contribution >= 0.6 is 0 Å². The minimum atomic E-state index is -5.85. The number of alkyl halides is 7. The summed E-state index contributed by atoms with van der Waals surface area (Å²) in [5.41, 5.74) is 0. The SMILES string of the molecule is CCC(C)C.FC(C(F)(F)F)C(F)(F)F. The zero-order valence-corrected chi connectivity index (χ0v) is 8.51. The van der Waals surface area contributed by atoms with Gasteiger partial charge in [-0.05, 0) is 5.92 Å². The van der Waals surface area contributed by atoms with Crippen LogP contribution in [0.2, 0.25) is 0 Å². The van der Waals surface area contributed by atoms with Crippen molar-refractivity contribution in [1.82, 2.24) is 0 Å². The van der Waals surface area contributed by atoms with Crippen LogP contribution in [0.25, 0.3) is 0 Å². The molecule has 0 bridgehead atoms. The van der Waals surface area contributed by atoms with Crippen LogP contribution in [0.15, 0.2) is 0 Å². The maximum atomic E-state index is 11.2. The van der Waals surface area contributed by atoms with E-state index in [9.17, 15) is 30.7 Å². The summed E-state index contributed by atoms with van der Waals surface area (Å²) >= 11 is 0. The van der Waals surface area contributed by atoms with Gasteiger partial charge in [0.05, 0.1) is 0 Å². The molecule has 0 fully saturated rings. The number of hydrogen-bond donors (Lipinski definition) is 0. The minimum absolute atomic E-state index is 0.884. The van der Waals surface area contributed by atoms with Gasteiger partial charge in [0.1, 0.15) is 0 Å². The largest absolute Gasteiger partial charge is 0.428 e. The Morgan fingerprint density at radius 1 is 0.867 bits per heavy atom. The summed E-state index contributed by atoms with van der Waals surface area (Å²) in [6, 6.07) is 0. The highest BCUT2D eigenvalue weighted by molar-refractivity contribution is 4.73. The van der Waals surface area contributed by atoms with Crippen LogP contribution in [0, 0.1) is 5.92 Å². The van der Waals surface area contributed by atoms with Gasteiger partial charge in [0, 0.05) is 0 Å². The first-order valence-electron chi connectivity index (χ1n) is 4.20. The van der Waals surface area contributed by atoms with Crippen LogP contribution in [-0.4, -0.2) is 18.5 Å². The lowest BCUT2D eigenvalue weighted by molar-refractivity contribution is -0.285. The molecule has 0 spiro atoms. The predicted octanol–water partition coefficient (Wildman–Crippen LogP) is 4.50. The van der Waals surface area contributed by atoms with Gasteiger partial charge >= 0.3 is 12.4 Å². The lowest BCUT2D eigenvalue weighted by atomic mass is 10.2. The summed E-state index contributed by atoms with van der Waals surface area (Å²) in [6.45, 7) is 6.64. The fourth-order valence-electron chi connectivity index (χ4n) is 0.186. The first-order chi connectivity index (χ1) is 6.42. The maximum Gasteiger partial charge on any atom is 0.428 e. The zero-order chi connectivity index (χ0) is 12.9. The molecule has 94 valence electrons. The predicted molar refractivity (Wildman–Crippen MR) is 42.1 cm³/mol. The van der Waals surface area contributed by atoms with Crippen molar-refractivity contribution in [2.24, 2.45) is 5.92 Å².